The van der Waals surface area contributed by atoms with Crippen LogP contribution in [0.25, 0.3) is 0 Å². The smallest absolute Gasteiger partial charge is 0.216 e. The van der Waals surface area contributed by atoms with Crippen molar-refractivity contribution in [2.75, 3.05) is 19.6 Å². The number of likely N-dealkylation sites (tertiary alicyclic amines) is 1. The lowest BCUT2D eigenvalue weighted by Crippen LogP contribution is -2.47. The van der Waals surface area contributed by atoms with E-state index in [1.807, 2.05) is 6.20 Å². The third-order valence-electron chi connectivity index (χ3n) is 4.26. The summed E-state index contributed by atoms with van der Waals surface area (Å²) in [6.45, 7) is 6.63. The molecule has 0 aromatic carbocycles. The molecule has 22 heavy (non-hydrogen) atoms. The molecule has 0 unspecified atom stereocenters. The van der Waals surface area contributed by atoms with E-state index in [0.29, 0.717) is 13.1 Å². The number of rotatable bonds is 7. The number of unbranched alkanes of at least 4 members (excludes halogenated alkanes) is 1. The maximum absolute atomic E-state index is 11.0. The van der Waals surface area contributed by atoms with Gasteiger partial charge in [-0.05, 0) is 19.4 Å². The zero-order valence-corrected chi connectivity index (χ0v) is 13.6. The van der Waals surface area contributed by atoms with Crippen LogP contribution in [0.3, 0.4) is 0 Å². The molecule has 6 heteroatoms. The highest BCUT2D eigenvalue weighted by atomic mass is 16.3. The van der Waals surface area contributed by atoms with Gasteiger partial charge in [-0.3, -0.25) is 9.69 Å². The molecule has 0 saturated carbocycles. The summed E-state index contributed by atoms with van der Waals surface area (Å²) in [6.07, 6.45) is 5.74. The third-order valence-corrected chi connectivity index (χ3v) is 4.26. The van der Waals surface area contributed by atoms with Crippen LogP contribution >= 0.6 is 0 Å². The molecule has 0 radical (unpaired) electrons. The Balaban J connectivity index is 1.78. The summed E-state index contributed by atoms with van der Waals surface area (Å²) in [5, 5.41) is 13.0. The molecular weight excluding hydrogens is 280 g/mol. The van der Waals surface area contributed by atoms with Gasteiger partial charge in [0.2, 0.25) is 5.91 Å². The quantitative estimate of drug-likeness (QED) is 0.704. The van der Waals surface area contributed by atoms with Crippen molar-refractivity contribution in [3.63, 3.8) is 0 Å². The Hall–Kier alpha value is -1.40. The van der Waals surface area contributed by atoms with E-state index in [2.05, 4.69) is 27.1 Å². The fourth-order valence-corrected chi connectivity index (χ4v) is 2.90. The van der Waals surface area contributed by atoms with Crippen molar-refractivity contribution >= 4 is 5.91 Å². The zero-order valence-electron chi connectivity index (χ0n) is 13.6. The van der Waals surface area contributed by atoms with Gasteiger partial charge in [0, 0.05) is 50.8 Å². The Morgan fingerprint density at radius 1 is 1.59 bits per heavy atom. The van der Waals surface area contributed by atoms with Gasteiger partial charge in [-0.1, -0.05) is 13.3 Å². The van der Waals surface area contributed by atoms with E-state index >= 15 is 0 Å². The number of amides is 1. The van der Waals surface area contributed by atoms with Gasteiger partial charge in [-0.2, -0.15) is 0 Å². The van der Waals surface area contributed by atoms with Crippen LogP contribution in [0.2, 0.25) is 0 Å². The molecule has 2 rings (SSSR count). The van der Waals surface area contributed by atoms with Gasteiger partial charge in [0.25, 0.3) is 0 Å². The highest BCUT2D eigenvalue weighted by Gasteiger charge is 2.27. The summed E-state index contributed by atoms with van der Waals surface area (Å²) in [5.74, 6) is 1.17. The maximum Gasteiger partial charge on any atom is 0.216 e. The Labute approximate surface area is 132 Å². The average Bonchev–Trinajstić information content (AvgIpc) is 2.91. The minimum absolute atomic E-state index is 0.0355. The zero-order chi connectivity index (χ0) is 15.9. The second kappa shape index (κ2) is 8.29. The van der Waals surface area contributed by atoms with Gasteiger partial charge in [-0.25, -0.2) is 4.98 Å². The molecule has 1 fully saturated rings. The first-order valence-electron chi connectivity index (χ1n) is 8.26. The van der Waals surface area contributed by atoms with Crippen LogP contribution in [0.5, 0.6) is 0 Å². The van der Waals surface area contributed by atoms with Crippen LogP contribution in [0.15, 0.2) is 6.20 Å². The van der Waals surface area contributed by atoms with Gasteiger partial charge in [0.05, 0.1) is 6.10 Å². The number of carbonyl (C=O) groups is 1. The molecule has 3 N–H and O–H groups in total. The molecule has 0 aliphatic carbocycles. The van der Waals surface area contributed by atoms with Crippen LogP contribution < -0.4 is 5.32 Å². The predicted octanol–water partition coefficient (Wildman–Crippen LogP) is 1.07. The number of aliphatic hydroxyl groups excluding tert-OH is 1. The van der Waals surface area contributed by atoms with E-state index in [1.165, 1.54) is 13.3 Å². The van der Waals surface area contributed by atoms with Crippen LogP contribution in [-0.2, 0) is 17.8 Å². The van der Waals surface area contributed by atoms with Crippen molar-refractivity contribution < 1.29 is 9.90 Å². The fourth-order valence-electron chi connectivity index (χ4n) is 2.90. The van der Waals surface area contributed by atoms with Gasteiger partial charge < -0.3 is 15.4 Å². The minimum atomic E-state index is -0.386. The predicted molar refractivity (Wildman–Crippen MR) is 85.3 cm³/mol. The Bertz CT molecular complexity index is 474. The second-order valence-corrected chi connectivity index (χ2v) is 6.25. The molecule has 1 aromatic rings. The number of hydrogen-bond donors (Lipinski definition) is 3. The average molecular weight is 308 g/mol. The number of piperidine rings is 1. The lowest BCUT2D eigenvalue weighted by molar-refractivity contribution is -0.119. The second-order valence-electron chi connectivity index (χ2n) is 6.25. The Morgan fingerprint density at radius 2 is 2.41 bits per heavy atom. The number of aryl methyl sites for hydroxylation is 1. The van der Waals surface area contributed by atoms with Crippen molar-refractivity contribution in [1.82, 2.24) is 20.2 Å². The van der Waals surface area contributed by atoms with Crippen LogP contribution in [0.4, 0.5) is 0 Å². The van der Waals surface area contributed by atoms with E-state index in [-0.39, 0.29) is 17.9 Å². The fraction of sp³-hybridized carbons (Fsp3) is 0.750. The number of aromatic nitrogens is 2. The minimum Gasteiger partial charge on any atom is -0.391 e. The molecule has 1 aromatic heterocycles. The molecule has 0 bridgehead atoms. The van der Waals surface area contributed by atoms with E-state index in [0.717, 1.165) is 43.9 Å². The number of nitrogens with zero attached hydrogens (tertiary/aromatic N) is 2. The van der Waals surface area contributed by atoms with Gasteiger partial charge in [0.15, 0.2) is 0 Å². The monoisotopic (exact) mass is 308 g/mol. The molecule has 0 spiro atoms. The first-order chi connectivity index (χ1) is 10.6. The van der Waals surface area contributed by atoms with Crippen molar-refractivity contribution in [3.05, 3.63) is 17.7 Å². The Morgan fingerprint density at radius 3 is 3.09 bits per heavy atom. The van der Waals surface area contributed by atoms with Gasteiger partial charge in [0.1, 0.15) is 5.82 Å². The van der Waals surface area contributed by atoms with Crippen molar-refractivity contribution in [2.45, 2.75) is 52.2 Å². The first-order valence-corrected chi connectivity index (χ1v) is 8.26. The van der Waals surface area contributed by atoms with Crippen LogP contribution in [-0.4, -0.2) is 51.6 Å². The SMILES string of the molecule is CCCCc1ncc(CN2CC[C@H](CNC(C)=O)[C@@H](O)C2)[nH]1. The van der Waals surface area contributed by atoms with Gasteiger partial charge in [-0.15, -0.1) is 0 Å². The first kappa shape index (κ1) is 17.0. The molecular formula is C16H28N4O2. The number of aromatic amines is 1. The maximum atomic E-state index is 11.0. The van der Waals surface area contributed by atoms with Crippen molar-refractivity contribution in [3.8, 4) is 0 Å². The summed E-state index contributed by atoms with van der Waals surface area (Å²) in [4.78, 5) is 21.0. The number of carbonyl (C=O) groups excluding carboxylic acids is 1. The van der Waals surface area contributed by atoms with Crippen LogP contribution in [0, 0.1) is 5.92 Å². The summed E-state index contributed by atoms with van der Waals surface area (Å²) in [7, 11) is 0. The molecule has 2 heterocycles. The number of imidazole rings is 1. The van der Waals surface area contributed by atoms with Gasteiger partial charge >= 0.3 is 0 Å². The van der Waals surface area contributed by atoms with Crippen LogP contribution in [0.1, 0.15) is 44.6 Å². The highest BCUT2D eigenvalue weighted by Crippen LogP contribution is 2.19. The number of β-amino-alcohol motifs (C(OH)–C–C–N with tert-alkyl or cyclic N) is 1. The van der Waals surface area contributed by atoms with Crippen molar-refractivity contribution in [1.29, 1.82) is 0 Å². The van der Waals surface area contributed by atoms with E-state index in [1.54, 1.807) is 0 Å². The summed E-state index contributed by atoms with van der Waals surface area (Å²) >= 11 is 0. The number of hydrogen-bond acceptors (Lipinski definition) is 4. The van der Waals surface area contributed by atoms with Crippen molar-refractivity contribution in [2.24, 2.45) is 5.92 Å². The molecule has 1 saturated heterocycles. The standard InChI is InChI=1S/C16H28N4O2/c1-3-4-5-16-18-9-14(19-16)10-20-7-6-13(15(22)11-20)8-17-12(2)21/h9,13,15,22H,3-8,10-11H2,1-2H3,(H,17,21)(H,18,19)/t13-,15+/m1/s1. The summed E-state index contributed by atoms with van der Waals surface area (Å²) < 4.78 is 0. The van der Waals surface area contributed by atoms with E-state index < -0.39 is 0 Å². The van der Waals surface area contributed by atoms with E-state index in [4.69, 9.17) is 0 Å². The molecule has 1 aliphatic rings. The molecule has 2 atom stereocenters. The lowest BCUT2D eigenvalue weighted by atomic mass is 9.93. The molecule has 6 nitrogen and oxygen atoms in total. The normalized spacial score (nSPS) is 22.7. The molecule has 1 amide bonds. The number of nitrogens with one attached hydrogen (secondary N) is 2. The Kier molecular flexibility index (Phi) is 6.39. The number of aliphatic hydroxyl groups is 1. The topological polar surface area (TPSA) is 81.2 Å². The summed E-state index contributed by atoms with van der Waals surface area (Å²) in [6, 6.07) is 0. The highest BCUT2D eigenvalue weighted by molar-refractivity contribution is 5.72. The number of H-pyrrole nitrogens is 1. The third kappa shape index (κ3) is 5.10. The molecule has 124 valence electrons. The van der Waals surface area contributed by atoms with E-state index in [9.17, 15) is 9.90 Å². The lowest BCUT2D eigenvalue weighted by Gasteiger charge is -2.35. The summed E-state index contributed by atoms with van der Waals surface area (Å²) in [5.41, 5.74) is 1.11. The molecule has 1 aliphatic heterocycles. The largest absolute Gasteiger partial charge is 0.391 e.